The van der Waals surface area contributed by atoms with E-state index >= 15 is 0 Å². The lowest BCUT2D eigenvalue weighted by molar-refractivity contribution is 0.0694. The lowest BCUT2D eigenvalue weighted by Gasteiger charge is -2.23. The van der Waals surface area contributed by atoms with Crippen molar-refractivity contribution in [3.63, 3.8) is 0 Å². The van der Waals surface area contributed by atoms with Crippen LogP contribution >= 0.6 is 11.6 Å². The second kappa shape index (κ2) is 9.49. The Morgan fingerprint density at radius 2 is 2.06 bits per heavy atom. The fourth-order valence-corrected chi connectivity index (χ4v) is 3.96. The fourth-order valence-electron chi connectivity index (χ4n) is 3.77. The summed E-state index contributed by atoms with van der Waals surface area (Å²) in [4.78, 5) is 24.7. The molecule has 0 radical (unpaired) electrons. The number of aliphatic hydroxyl groups is 1. The SMILES string of the molecule is CCCC(CO)n1cc(C(=O)O)c(=O)c2cc(Cc3cccc(Cl)c3F)cc(OC)c21. The van der Waals surface area contributed by atoms with E-state index in [1.807, 2.05) is 6.92 Å². The average Bonchev–Trinajstić information content (AvgIpc) is 2.75. The first-order valence-corrected chi connectivity index (χ1v) is 10.2. The molecule has 0 bridgehead atoms. The van der Waals surface area contributed by atoms with E-state index in [0.29, 0.717) is 28.8 Å². The van der Waals surface area contributed by atoms with E-state index in [1.54, 1.807) is 28.8 Å². The maximum absolute atomic E-state index is 14.4. The van der Waals surface area contributed by atoms with Crippen molar-refractivity contribution in [2.75, 3.05) is 13.7 Å². The number of carbonyl (C=O) groups is 1. The number of carboxylic acids is 1. The first kappa shape index (κ1) is 22.8. The minimum absolute atomic E-state index is 0.00822. The van der Waals surface area contributed by atoms with E-state index in [4.69, 9.17) is 16.3 Å². The van der Waals surface area contributed by atoms with E-state index in [9.17, 15) is 24.2 Å². The van der Waals surface area contributed by atoms with E-state index < -0.39 is 28.8 Å². The van der Waals surface area contributed by atoms with Crippen LogP contribution in [0.25, 0.3) is 10.9 Å². The molecular weight excluding hydrogens is 425 g/mol. The summed E-state index contributed by atoms with van der Waals surface area (Å²) in [5.74, 6) is -1.58. The van der Waals surface area contributed by atoms with Crippen LogP contribution in [0.2, 0.25) is 5.02 Å². The maximum atomic E-state index is 14.4. The van der Waals surface area contributed by atoms with Crippen LogP contribution in [0.4, 0.5) is 4.39 Å². The number of benzene rings is 2. The Labute approximate surface area is 183 Å². The Morgan fingerprint density at radius 3 is 2.68 bits per heavy atom. The third kappa shape index (κ3) is 4.43. The van der Waals surface area contributed by atoms with Crippen LogP contribution in [0, 0.1) is 5.82 Å². The fraction of sp³-hybridized carbons (Fsp3) is 0.304. The molecule has 8 heteroatoms. The average molecular weight is 448 g/mol. The van der Waals surface area contributed by atoms with Crippen LogP contribution in [0.15, 0.2) is 41.3 Å². The Hall–Kier alpha value is -2.90. The second-order valence-corrected chi connectivity index (χ2v) is 7.70. The molecule has 1 aromatic heterocycles. The second-order valence-electron chi connectivity index (χ2n) is 7.29. The van der Waals surface area contributed by atoms with Gasteiger partial charge in [-0.3, -0.25) is 4.79 Å². The van der Waals surface area contributed by atoms with Gasteiger partial charge >= 0.3 is 5.97 Å². The van der Waals surface area contributed by atoms with E-state index in [1.165, 1.54) is 19.4 Å². The molecule has 164 valence electrons. The third-order valence-corrected chi connectivity index (χ3v) is 5.54. The number of aromatic carboxylic acids is 1. The number of fused-ring (bicyclic) bond motifs is 1. The summed E-state index contributed by atoms with van der Waals surface area (Å²) in [6, 6.07) is 7.46. The molecule has 0 aliphatic carbocycles. The smallest absolute Gasteiger partial charge is 0.341 e. The minimum Gasteiger partial charge on any atom is -0.495 e. The lowest BCUT2D eigenvalue weighted by Crippen LogP contribution is -2.23. The Bertz CT molecular complexity index is 1190. The molecule has 1 heterocycles. The van der Waals surface area contributed by atoms with Gasteiger partial charge in [0, 0.05) is 12.6 Å². The summed E-state index contributed by atoms with van der Waals surface area (Å²) in [5, 5.41) is 19.6. The first-order chi connectivity index (χ1) is 14.8. The zero-order chi connectivity index (χ0) is 22.7. The summed E-state index contributed by atoms with van der Waals surface area (Å²) < 4.78 is 21.5. The van der Waals surface area contributed by atoms with Crippen molar-refractivity contribution in [3.8, 4) is 5.75 Å². The molecule has 0 amide bonds. The molecule has 3 rings (SSSR count). The molecule has 0 saturated carbocycles. The number of rotatable bonds is 8. The summed E-state index contributed by atoms with van der Waals surface area (Å²) in [7, 11) is 1.44. The number of hydrogen-bond acceptors (Lipinski definition) is 4. The summed E-state index contributed by atoms with van der Waals surface area (Å²) in [6.07, 6.45) is 2.71. The van der Waals surface area contributed by atoms with Crippen LogP contribution in [-0.2, 0) is 6.42 Å². The zero-order valence-corrected chi connectivity index (χ0v) is 17.9. The molecule has 1 unspecified atom stereocenters. The molecular formula is C23H23ClFNO5. The monoisotopic (exact) mass is 447 g/mol. The van der Waals surface area contributed by atoms with Crippen LogP contribution in [0.5, 0.6) is 5.75 Å². The number of aromatic nitrogens is 1. The van der Waals surface area contributed by atoms with Crippen LogP contribution in [-0.4, -0.2) is 34.5 Å². The molecule has 6 nitrogen and oxygen atoms in total. The van der Waals surface area contributed by atoms with Gasteiger partial charge in [0.2, 0.25) is 5.43 Å². The van der Waals surface area contributed by atoms with Gasteiger partial charge in [-0.25, -0.2) is 9.18 Å². The lowest BCUT2D eigenvalue weighted by atomic mass is 10.00. The number of nitrogens with zero attached hydrogens (tertiary/aromatic N) is 1. The summed E-state index contributed by atoms with van der Waals surface area (Å²) in [5.41, 5.74) is 0.213. The van der Waals surface area contributed by atoms with Crippen molar-refractivity contribution in [1.82, 2.24) is 4.57 Å². The van der Waals surface area contributed by atoms with Gasteiger partial charge in [-0.1, -0.05) is 37.1 Å². The largest absolute Gasteiger partial charge is 0.495 e. The quantitative estimate of drug-likeness (QED) is 0.533. The predicted octanol–water partition coefficient (Wildman–Crippen LogP) is 4.43. The molecule has 2 aromatic carbocycles. The van der Waals surface area contributed by atoms with Gasteiger partial charge in [-0.05, 0) is 35.7 Å². The van der Waals surface area contributed by atoms with Gasteiger partial charge in [0.15, 0.2) is 0 Å². The Balaban J connectivity index is 2.30. The summed E-state index contributed by atoms with van der Waals surface area (Å²) >= 11 is 5.87. The van der Waals surface area contributed by atoms with Crippen molar-refractivity contribution >= 4 is 28.5 Å². The summed E-state index contributed by atoms with van der Waals surface area (Å²) in [6.45, 7) is 1.71. The number of ether oxygens (including phenoxy) is 1. The number of hydrogen-bond donors (Lipinski definition) is 2. The van der Waals surface area contributed by atoms with Crippen molar-refractivity contribution in [2.24, 2.45) is 0 Å². The van der Waals surface area contributed by atoms with E-state index in [0.717, 1.165) is 6.42 Å². The standard InChI is InChI=1S/C23H23ClFNO5/c1-3-5-15(12-27)26-11-17(23(29)30)22(28)16-9-13(10-19(31-2)21(16)26)8-14-6-4-7-18(24)20(14)25/h4,6-7,9-11,15,27H,3,5,8,12H2,1-2H3,(H,29,30). The molecule has 2 N–H and O–H groups in total. The van der Waals surface area contributed by atoms with Crippen molar-refractivity contribution < 1.29 is 24.1 Å². The molecule has 3 aromatic rings. The number of pyridine rings is 1. The van der Waals surface area contributed by atoms with Gasteiger partial charge in [0.1, 0.15) is 17.1 Å². The third-order valence-electron chi connectivity index (χ3n) is 5.25. The molecule has 31 heavy (non-hydrogen) atoms. The van der Waals surface area contributed by atoms with Crippen molar-refractivity contribution in [1.29, 1.82) is 0 Å². The highest BCUT2D eigenvalue weighted by molar-refractivity contribution is 6.30. The van der Waals surface area contributed by atoms with Gasteiger partial charge in [0.05, 0.1) is 35.7 Å². The number of aliphatic hydroxyl groups excluding tert-OH is 1. The van der Waals surface area contributed by atoms with Gasteiger partial charge in [-0.2, -0.15) is 0 Å². The maximum Gasteiger partial charge on any atom is 0.341 e. The molecule has 1 atom stereocenters. The minimum atomic E-state index is -1.36. The van der Waals surface area contributed by atoms with Gasteiger partial charge in [-0.15, -0.1) is 0 Å². The topological polar surface area (TPSA) is 88.8 Å². The molecule has 0 aliphatic rings. The van der Waals surface area contributed by atoms with Gasteiger partial charge < -0.3 is 19.5 Å². The highest BCUT2D eigenvalue weighted by Gasteiger charge is 2.22. The first-order valence-electron chi connectivity index (χ1n) is 9.85. The number of carboxylic acid groups (broad SMARTS) is 1. The van der Waals surface area contributed by atoms with Crippen LogP contribution in [0.1, 0.15) is 47.3 Å². The highest BCUT2D eigenvalue weighted by Crippen LogP contribution is 2.31. The van der Waals surface area contributed by atoms with Gasteiger partial charge in [0.25, 0.3) is 0 Å². The van der Waals surface area contributed by atoms with Crippen molar-refractivity contribution in [2.45, 2.75) is 32.2 Å². The molecule has 0 fully saturated rings. The molecule has 0 saturated heterocycles. The van der Waals surface area contributed by atoms with Crippen molar-refractivity contribution in [3.05, 3.63) is 74.3 Å². The van der Waals surface area contributed by atoms with E-state index in [2.05, 4.69) is 0 Å². The van der Waals surface area contributed by atoms with E-state index in [-0.39, 0.29) is 23.4 Å². The normalized spacial score (nSPS) is 12.2. The Kier molecular flexibility index (Phi) is 6.97. The Morgan fingerprint density at radius 1 is 1.32 bits per heavy atom. The predicted molar refractivity (Wildman–Crippen MR) is 117 cm³/mol. The highest BCUT2D eigenvalue weighted by atomic mass is 35.5. The van der Waals surface area contributed by atoms with Crippen LogP contribution < -0.4 is 10.2 Å². The number of methoxy groups -OCH3 is 1. The molecule has 0 spiro atoms. The molecule has 0 aliphatic heterocycles. The number of halogens is 2. The van der Waals surface area contributed by atoms with Crippen LogP contribution in [0.3, 0.4) is 0 Å². The zero-order valence-electron chi connectivity index (χ0n) is 17.2.